The van der Waals surface area contributed by atoms with Crippen molar-refractivity contribution in [1.29, 1.82) is 0 Å². The molecule has 2 N–H and O–H groups in total. The molecule has 0 aromatic carbocycles. The molecule has 0 saturated carbocycles. The molecule has 11 atom stereocenters. The van der Waals surface area contributed by atoms with Gasteiger partial charge in [-0.05, 0) is 79.0 Å². The van der Waals surface area contributed by atoms with Gasteiger partial charge in [0.2, 0.25) is 5.79 Å². The van der Waals surface area contributed by atoms with E-state index >= 15 is 0 Å². The Bertz CT molecular complexity index is 1040. The summed E-state index contributed by atoms with van der Waals surface area (Å²) in [6.07, 6.45) is 1.91. The fourth-order valence-electron chi connectivity index (χ4n) is 6.87. The highest BCUT2D eigenvalue weighted by Gasteiger charge is 2.49. The minimum Gasteiger partial charge on any atom is -0.456 e. The van der Waals surface area contributed by atoms with Crippen molar-refractivity contribution in [3.63, 3.8) is 0 Å². The summed E-state index contributed by atoms with van der Waals surface area (Å²) in [6.45, 7) is 23.0. The Morgan fingerprint density at radius 3 is 2.30 bits per heavy atom. The second-order valence-corrected chi connectivity index (χ2v) is 14.7. The van der Waals surface area contributed by atoms with Gasteiger partial charge in [0.1, 0.15) is 5.76 Å². The zero-order valence-corrected chi connectivity index (χ0v) is 30.2. The molecule has 0 aromatic heterocycles. The van der Waals surface area contributed by atoms with Crippen molar-refractivity contribution in [2.75, 3.05) is 21.2 Å². The summed E-state index contributed by atoms with van der Waals surface area (Å²) in [4.78, 5) is 15.1. The van der Waals surface area contributed by atoms with Crippen molar-refractivity contribution in [1.82, 2.24) is 4.90 Å². The van der Waals surface area contributed by atoms with E-state index in [4.69, 9.17) is 23.7 Å². The molecule has 0 spiro atoms. The van der Waals surface area contributed by atoms with E-state index in [1.54, 1.807) is 40.9 Å². The molecule has 2 rings (SSSR count). The molecule has 9 heteroatoms. The predicted molar refractivity (Wildman–Crippen MR) is 173 cm³/mol. The first-order chi connectivity index (χ1) is 20.1. The highest BCUT2D eigenvalue weighted by atomic mass is 16.7. The first kappa shape index (κ1) is 38.7. The largest absolute Gasteiger partial charge is 0.456 e. The van der Waals surface area contributed by atoms with E-state index < -0.39 is 47.4 Å². The predicted octanol–water partition coefficient (Wildman–Crippen LogP) is 5.83. The fourth-order valence-corrected chi connectivity index (χ4v) is 6.87. The third kappa shape index (κ3) is 9.07. The summed E-state index contributed by atoms with van der Waals surface area (Å²) >= 11 is 0. The average molecular weight is 626 g/mol. The molecule has 0 bridgehead atoms. The Balaban J connectivity index is 2.54. The molecule has 9 nitrogen and oxygen atoms in total. The van der Waals surface area contributed by atoms with Gasteiger partial charge >= 0.3 is 5.97 Å². The van der Waals surface area contributed by atoms with E-state index in [1.165, 1.54) is 0 Å². The van der Waals surface area contributed by atoms with Crippen LogP contribution in [0.5, 0.6) is 0 Å². The van der Waals surface area contributed by atoms with E-state index in [0.29, 0.717) is 23.3 Å². The Morgan fingerprint density at radius 2 is 1.77 bits per heavy atom. The molecule has 0 radical (unpaired) electrons. The standard InChI is InChI=1S/C35H63NO8/c1-16-22(4)34(11,39)18-20(2)28(37)21(3)19-35(12,40-15)30(25(7)29-26(8)31(38)44-33(9,10)43-29)42-32-24(6)27(36(13)14)17-23(5)41-32/h18,21-25,27-28,30,32,37,39H,16-17,19H2,1-15H3/b20-18+/t21-,22-,23?,24?,25+,27?,28?,30-,32+,34+,35-/m1/s1. The maximum absolute atomic E-state index is 12.9. The number of cyclic esters (lactones) is 1. The lowest BCUT2D eigenvalue weighted by Gasteiger charge is -2.48. The summed E-state index contributed by atoms with van der Waals surface area (Å²) < 4.78 is 31.4. The number of methoxy groups -OCH3 is 1. The smallest absolute Gasteiger partial charge is 0.340 e. The van der Waals surface area contributed by atoms with Gasteiger partial charge in [0.15, 0.2) is 6.29 Å². The molecule has 1 fully saturated rings. The van der Waals surface area contributed by atoms with E-state index in [9.17, 15) is 15.0 Å². The average Bonchev–Trinajstić information content (AvgIpc) is 2.92. The number of hydrogen-bond acceptors (Lipinski definition) is 9. The molecule has 0 amide bonds. The van der Waals surface area contributed by atoms with Crippen LogP contribution in [0.15, 0.2) is 23.0 Å². The van der Waals surface area contributed by atoms with Gasteiger partial charge in [0.25, 0.3) is 0 Å². The minimum absolute atomic E-state index is 0.0130. The van der Waals surface area contributed by atoms with Crippen molar-refractivity contribution in [3.05, 3.63) is 23.0 Å². The van der Waals surface area contributed by atoms with Gasteiger partial charge < -0.3 is 38.8 Å². The summed E-state index contributed by atoms with van der Waals surface area (Å²) in [5.41, 5.74) is -0.876. The van der Waals surface area contributed by atoms with Gasteiger partial charge in [-0.25, -0.2) is 4.79 Å². The number of aliphatic hydroxyl groups is 2. The number of hydrogen-bond donors (Lipinski definition) is 2. The zero-order valence-electron chi connectivity index (χ0n) is 30.2. The summed E-state index contributed by atoms with van der Waals surface area (Å²) in [7, 11) is 5.80. The molecule has 2 heterocycles. The SMILES string of the molecule is CC[C@@H](C)[C@@](C)(O)/C=C(\C)C(O)[C@H](C)C[C@@](C)(OC)[C@H](O[C@@H]1OC(C)CC(N(C)C)C1C)[C@@H](C)C1=C(C)C(=O)OC(C)(C)O1. The second kappa shape index (κ2) is 14.9. The van der Waals surface area contributed by atoms with E-state index in [1.807, 2.05) is 41.5 Å². The Morgan fingerprint density at radius 1 is 1.18 bits per heavy atom. The van der Waals surface area contributed by atoms with Crippen LogP contribution in [0.3, 0.4) is 0 Å². The maximum atomic E-state index is 12.9. The lowest BCUT2D eigenvalue weighted by atomic mass is 9.77. The quantitative estimate of drug-likeness (QED) is 0.182. The number of carbonyl (C=O) groups excluding carboxylic acids is 1. The van der Waals surface area contributed by atoms with Crippen LogP contribution in [0, 0.1) is 23.7 Å². The topological polar surface area (TPSA) is 107 Å². The van der Waals surface area contributed by atoms with Crippen molar-refractivity contribution < 1.29 is 38.7 Å². The highest BCUT2D eigenvalue weighted by Crippen LogP contribution is 2.42. The molecule has 2 aliphatic heterocycles. The fraction of sp³-hybridized carbons (Fsp3) is 0.857. The molecule has 1 saturated heterocycles. The molecule has 2 aliphatic rings. The summed E-state index contributed by atoms with van der Waals surface area (Å²) in [5.74, 6) is -1.66. The number of ether oxygens (including phenoxy) is 5. The zero-order chi connectivity index (χ0) is 33.9. The molecule has 0 aliphatic carbocycles. The first-order valence-corrected chi connectivity index (χ1v) is 16.4. The number of aliphatic hydroxyl groups excluding tert-OH is 1. The molecular weight excluding hydrogens is 562 g/mol. The third-order valence-corrected chi connectivity index (χ3v) is 10.1. The van der Waals surface area contributed by atoms with Gasteiger partial charge in [-0.2, -0.15) is 0 Å². The highest BCUT2D eigenvalue weighted by molar-refractivity contribution is 5.89. The van der Waals surface area contributed by atoms with Crippen molar-refractivity contribution in [2.24, 2.45) is 23.7 Å². The van der Waals surface area contributed by atoms with E-state index in [-0.39, 0.29) is 29.9 Å². The van der Waals surface area contributed by atoms with Gasteiger partial charge in [-0.1, -0.05) is 47.1 Å². The summed E-state index contributed by atoms with van der Waals surface area (Å²) in [5, 5.41) is 22.5. The van der Waals surface area contributed by atoms with Crippen LogP contribution < -0.4 is 0 Å². The van der Waals surface area contributed by atoms with E-state index in [2.05, 4.69) is 32.8 Å². The van der Waals surface area contributed by atoms with Crippen molar-refractivity contribution in [3.8, 4) is 0 Å². The third-order valence-electron chi connectivity index (χ3n) is 10.1. The lowest BCUT2D eigenvalue weighted by molar-refractivity contribution is -0.285. The minimum atomic E-state index is -1.13. The maximum Gasteiger partial charge on any atom is 0.340 e. The van der Waals surface area contributed by atoms with Crippen LogP contribution in [0.25, 0.3) is 0 Å². The summed E-state index contributed by atoms with van der Waals surface area (Å²) in [6, 6.07) is 0.251. The monoisotopic (exact) mass is 625 g/mol. The molecule has 256 valence electrons. The van der Waals surface area contributed by atoms with Gasteiger partial charge in [0.05, 0.1) is 35.1 Å². The first-order valence-electron chi connectivity index (χ1n) is 16.4. The van der Waals surface area contributed by atoms with Crippen molar-refractivity contribution >= 4 is 5.97 Å². The van der Waals surface area contributed by atoms with Crippen LogP contribution in [0.1, 0.15) is 102 Å². The Kier molecular flexibility index (Phi) is 13.1. The molecule has 0 aromatic rings. The van der Waals surface area contributed by atoms with Crippen LogP contribution in [0.2, 0.25) is 0 Å². The van der Waals surface area contributed by atoms with Crippen LogP contribution >= 0.6 is 0 Å². The number of nitrogens with zero attached hydrogens (tertiary/aromatic N) is 1. The van der Waals surface area contributed by atoms with Crippen LogP contribution in [-0.2, 0) is 28.5 Å². The molecule has 4 unspecified atom stereocenters. The van der Waals surface area contributed by atoms with Crippen LogP contribution in [-0.4, -0.2) is 89.9 Å². The van der Waals surface area contributed by atoms with Gasteiger partial charge in [-0.15, -0.1) is 0 Å². The Labute approximate surface area is 267 Å². The number of rotatable bonds is 14. The van der Waals surface area contributed by atoms with Crippen LogP contribution in [0.4, 0.5) is 0 Å². The second-order valence-electron chi connectivity index (χ2n) is 14.7. The molecule has 44 heavy (non-hydrogen) atoms. The number of carbonyl (C=O) groups is 1. The Hall–Kier alpha value is -1.49. The lowest BCUT2D eigenvalue weighted by Crippen LogP contribution is -2.56. The normalized spacial score (nSPS) is 30.9. The molecular formula is C35H63NO8. The van der Waals surface area contributed by atoms with E-state index in [0.717, 1.165) is 12.8 Å². The van der Waals surface area contributed by atoms with Gasteiger partial charge in [0, 0.05) is 38.8 Å². The van der Waals surface area contributed by atoms with Gasteiger partial charge in [-0.3, -0.25) is 0 Å². The number of esters is 1. The van der Waals surface area contributed by atoms with Crippen molar-refractivity contribution in [2.45, 2.75) is 150 Å².